The quantitative estimate of drug-likeness (QED) is 0.583. The molecule has 0 amide bonds. The SMILES string of the molecule is C=C(CNC1CC1)CN(CCCO)C(C)C. The van der Waals surface area contributed by atoms with E-state index in [9.17, 15) is 0 Å². The predicted molar refractivity (Wildman–Crippen MR) is 68.6 cm³/mol. The molecule has 0 saturated heterocycles. The van der Waals surface area contributed by atoms with Gasteiger partial charge in [0, 0.05) is 38.3 Å². The molecule has 1 fully saturated rings. The molecular formula is C13H26N2O. The van der Waals surface area contributed by atoms with Crippen molar-refractivity contribution in [1.29, 1.82) is 0 Å². The van der Waals surface area contributed by atoms with Gasteiger partial charge in [0.15, 0.2) is 0 Å². The first-order chi connectivity index (χ1) is 7.63. The molecule has 0 aromatic carbocycles. The Morgan fingerprint density at radius 3 is 2.69 bits per heavy atom. The van der Waals surface area contributed by atoms with E-state index in [1.807, 2.05) is 0 Å². The summed E-state index contributed by atoms with van der Waals surface area (Å²) in [5.41, 5.74) is 1.25. The Labute approximate surface area is 99.5 Å². The minimum atomic E-state index is 0.274. The van der Waals surface area contributed by atoms with Crippen molar-refractivity contribution in [3.63, 3.8) is 0 Å². The number of hydrogen-bond donors (Lipinski definition) is 2. The summed E-state index contributed by atoms with van der Waals surface area (Å²) in [5.74, 6) is 0. The minimum Gasteiger partial charge on any atom is -0.396 e. The Morgan fingerprint density at radius 1 is 1.50 bits per heavy atom. The third kappa shape index (κ3) is 5.64. The fourth-order valence-electron chi connectivity index (χ4n) is 1.71. The van der Waals surface area contributed by atoms with Gasteiger partial charge in [0.1, 0.15) is 0 Å². The first-order valence-electron chi connectivity index (χ1n) is 6.38. The molecule has 0 bridgehead atoms. The third-order valence-corrected chi connectivity index (χ3v) is 2.98. The molecule has 0 aliphatic heterocycles. The topological polar surface area (TPSA) is 35.5 Å². The second-order valence-corrected chi connectivity index (χ2v) is 5.05. The summed E-state index contributed by atoms with van der Waals surface area (Å²) in [7, 11) is 0. The predicted octanol–water partition coefficient (Wildman–Crippen LogP) is 1.39. The molecule has 3 nitrogen and oxygen atoms in total. The van der Waals surface area contributed by atoms with Crippen LogP contribution >= 0.6 is 0 Å². The van der Waals surface area contributed by atoms with Gasteiger partial charge in [-0.3, -0.25) is 4.90 Å². The number of aliphatic hydroxyl groups excluding tert-OH is 1. The Hall–Kier alpha value is -0.380. The van der Waals surface area contributed by atoms with E-state index in [1.54, 1.807) is 0 Å². The molecule has 0 radical (unpaired) electrons. The minimum absolute atomic E-state index is 0.274. The van der Waals surface area contributed by atoms with Crippen LogP contribution in [-0.4, -0.2) is 48.3 Å². The molecule has 0 aromatic heterocycles. The molecule has 0 heterocycles. The maximum atomic E-state index is 8.85. The van der Waals surface area contributed by atoms with Gasteiger partial charge >= 0.3 is 0 Å². The van der Waals surface area contributed by atoms with Crippen molar-refractivity contribution in [2.45, 2.75) is 45.2 Å². The fourth-order valence-corrected chi connectivity index (χ4v) is 1.71. The van der Waals surface area contributed by atoms with Crippen molar-refractivity contribution in [3.05, 3.63) is 12.2 Å². The van der Waals surface area contributed by atoms with Gasteiger partial charge in [-0.1, -0.05) is 6.58 Å². The van der Waals surface area contributed by atoms with E-state index >= 15 is 0 Å². The summed E-state index contributed by atoms with van der Waals surface area (Å²) < 4.78 is 0. The summed E-state index contributed by atoms with van der Waals surface area (Å²) in [6, 6.07) is 1.27. The zero-order valence-electron chi connectivity index (χ0n) is 10.7. The van der Waals surface area contributed by atoms with Crippen molar-refractivity contribution < 1.29 is 5.11 Å². The van der Waals surface area contributed by atoms with Crippen molar-refractivity contribution in [2.75, 3.05) is 26.2 Å². The molecule has 0 spiro atoms. The van der Waals surface area contributed by atoms with E-state index in [2.05, 4.69) is 30.6 Å². The van der Waals surface area contributed by atoms with E-state index in [-0.39, 0.29) is 6.61 Å². The van der Waals surface area contributed by atoms with E-state index in [0.717, 1.165) is 32.1 Å². The highest BCUT2D eigenvalue weighted by atomic mass is 16.3. The lowest BCUT2D eigenvalue weighted by atomic mass is 10.2. The number of rotatable bonds is 9. The van der Waals surface area contributed by atoms with Crippen molar-refractivity contribution in [3.8, 4) is 0 Å². The summed E-state index contributed by atoms with van der Waals surface area (Å²) >= 11 is 0. The zero-order chi connectivity index (χ0) is 12.0. The highest BCUT2D eigenvalue weighted by Crippen LogP contribution is 2.18. The van der Waals surface area contributed by atoms with Gasteiger partial charge in [0.05, 0.1) is 0 Å². The zero-order valence-corrected chi connectivity index (χ0v) is 10.7. The summed E-state index contributed by atoms with van der Waals surface area (Å²) in [5, 5.41) is 12.3. The molecule has 16 heavy (non-hydrogen) atoms. The Balaban J connectivity index is 2.19. The fraction of sp³-hybridized carbons (Fsp3) is 0.846. The monoisotopic (exact) mass is 226 g/mol. The highest BCUT2D eigenvalue weighted by Gasteiger charge is 2.20. The van der Waals surface area contributed by atoms with Crippen molar-refractivity contribution >= 4 is 0 Å². The average Bonchev–Trinajstić information content (AvgIpc) is 3.04. The molecule has 0 aromatic rings. The van der Waals surface area contributed by atoms with Gasteiger partial charge in [-0.25, -0.2) is 0 Å². The standard InChI is InChI=1S/C13H26N2O/c1-11(2)15(7-4-8-16)10-12(3)9-14-13-5-6-13/h11,13-14,16H,3-10H2,1-2H3. The first-order valence-corrected chi connectivity index (χ1v) is 6.38. The largest absolute Gasteiger partial charge is 0.396 e. The summed E-state index contributed by atoms with van der Waals surface area (Å²) in [6.45, 7) is 11.6. The third-order valence-electron chi connectivity index (χ3n) is 2.98. The number of nitrogens with one attached hydrogen (secondary N) is 1. The molecule has 94 valence electrons. The Morgan fingerprint density at radius 2 is 2.19 bits per heavy atom. The van der Waals surface area contributed by atoms with Crippen LogP contribution in [0, 0.1) is 0 Å². The maximum Gasteiger partial charge on any atom is 0.0443 e. The van der Waals surface area contributed by atoms with E-state index in [0.29, 0.717) is 6.04 Å². The van der Waals surface area contributed by atoms with Gasteiger partial charge in [-0.05, 0) is 38.7 Å². The molecule has 2 N–H and O–H groups in total. The van der Waals surface area contributed by atoms with Crippen LogP contribution in [0.2, 0.25) is 0 Å². The van der Waals surface area contributed by atoms with Gasteiger partial charge in [0.2, 0.25) is 0 Å². The summed E-state index contributed by atoms with van der Waals surface area (Å²) in [6.07, 6.45) is 3.50. The molecule has 3 heteroatoms. The lowest BCUT2D eigenvalue weighted by Gasteiger charge is -2.27. The van der Waals surface area contributed by atoms with Gasteiger partial charge in [-0.2, -0.15) is 0 Å². The Bertz CT molecular complexity index is 212. The van der Waals surface area contributed by atoms with Crippen LogP contribution in [0.3, 0.4) is 0 Å². The van der Waals surface area contributed by atoms with Crippen LogP contribution in [0.5, 0.6) is 0 Å². The normalized spacial score (nSPS) is 16.1. The first kappa shape index (κ1) is 13.7. The average molecular weight is 226 g/mol. The number of hydrogen-bond acceptors (Lipinski definition) is 3. The van der Waals surface area contributed by atoms with E-state index in [1.165, 1.54) is 18.4 Å². The molecule has 0 atom stereocenters. The number of nitrogens with zero attached hydrogens (tertiary/aromatic N) is 1. The van der Waals surface area contributed by atoms with Crippen LogP contribution in [0.15, 0.2) is 12.2 Å². The molecule has 0 unspecified atom stereocenters. The second kappa shape index (κ2) is 7.05. The van der Waals surface area contributed by atoms with Gasteiger partial charge in [-0.15, -0.1) is 0 Å². The van der Waals surface area contributed by atoms with Crippen LogP contribution in [0.4, 0.5) is 0 Å². The Kier molecular flexibility index (Phi) is 6.03. The van der Waals surface area contributed by atoms with Gasteiger partial charge < -0.3 is 10.4 Å². The smallest absolute Gasteiger partial charge is 0.0443 e. The maximum absolute atomic E-state index is 8.85. The summed E-state index contributed by atoms with van der Waals surface area (Å²) in [4.78, 5) is 2.37. The molecule has 1 rings (SSSR count). The molecule has 1 aliphatic rings. The van der Waals surface area contributed by atoms with Crippen LogP contribution in [-0.2, 0) is 0 Å². The second-order valence-electron chi connectivity index (χ2n) is 5.05. The van der Waals surface area contributed by atoms with Crippen molar-refractivity contribution in [2.24, 2.45) is 0 Å². The van der Waals surface area contributed by atoms with E-state index in [4.69, 9.17) is 5.11 Å². The van der Waals surface area contributed by atoms with Crippen LogP contribution in [0.1, 0.15) is 33.1 Å². The molecular weight excluding hydrogens is 200 g/mol. The van der Waals surface area contributed by atoms with Crippen LogP contribution < -0.4 is 5.32 Å². The van der Waals surface area contributed by atoms with Crippen LogP contribution in [0.25, 0.3) is 0 Å². The van der Waals surface area contributed by atoms with E-state index < -0.39 is 0 Å². The van der Waals surface area contributed by atoms with Gasteiger partial charge in [0.25, 0.3) is 0 Å². The highest BCUT2D eigenvalue weighted by molar-refractivity contribution is 5.02. The lowest BCUT2D eigenvalue weighted by Crippen LogP contribution is -2.35. The molecule has 1 saturated carbocycles. The number of aliphatic hydroxyl groups is 1. The lowest BCUT2D eigenvalue weighted by molar-refractivity contribution is 0.203. The molecule has 1 aliphatic carbocycles. The van der Waals surface area contributed by atoms with Crippen molar-refractivity contribution in [1.82, 2.24) is 10.2 Å².